The number of halogens is 1. The number of rotatable bonds is 3. The van der Waals surface area contributed by atoms with Crippen LogP contribution in [0, 0.1) is 0 Å². The Bertz CT molecular complexity index is 687. The number of ether oxygens (including phenoxy) is 2. The molecule has 1 aromatic rings. The molecule has 0 aromatic heterocycles. The summed E-state index contributed by atoms with van der Waals surface area (Å²) in [5.74, 6) is 1.25. The van der Waals surface area contributed by atoms with Gasteiger partial charge in [-0.3, -0.25) is 9.69 Å². The summed E-state index contributed by atoms with van der Waals surface area (Å²) in [6.45, 7) is 4.26. The zero-order valence-electron chi connectivity index (χ0n) is 10.8. The first-order valence-corrected chi connectivity index (χ1v) is 8.07. The molecule has 2 aliphatic heterocycles. The van der Waals surface area contributed by atoms with E-state index < -0.39 is 0 Å². The van der Waals surface area contributed by atoms with Gasteiger partial charge in [0.1, 0.15) is 4.32 Å². The molecule has 1 amide bonds. The normalized spacial score (nSPS) is 18.7. The summed E-state index contributed by atoms with van der Waals surface area (Å²) in [7, 11) is 0. The highest BCUT2D eigenvalue weighted by Crippen LogP contribution is 2.41. The van der Waals surface area contributed by atoms with E-state index in [4.69, 9.17) is 21.7 Å². The molecule has 0 bridgehead atoms. The molecule has 2 aliphatic rings. The van der Waals surface area contributed by atoms with Crippen molar-refractivity contribution in [1.82, 2.24) is 4.90 Å². The predicted octanol–water partition coefficient (Wildman–Crippen LogP) is 3.57. The monoisotopic (exact) mass is 383 g/mol. The smallest absolute Gasteiger partial charge is 0.266 e. The van der Waals surface area contributed by atoms with E-state index in [1.54, 1.807) is 12.2 Å². The van der Waals surface area contributed by atoms with Gasteiger partial charge in [-0.2, -0.15) is 0 Å². The first kappa shape index (κ1) is 14.6. The molecule has 0 spiro atoms. The van der Waals surface area contributed by atoms with Gasteiger partial charge in [0.15, 0.2) is 11.5 Å². The van der Waals surface area contributed by atoms with E-state index in [-0.39, 0.29) is 12.7 Å². The highest BCUT2D eigenvalue weighted by Gasteiger charge is 2.31. The lowest BCUT2D eigenvalue weighted by Crippen LogP contribution is -2.27. The molecule has 21 heavy (non-hydrogen) atoms. The molecule has 0 atom stereocenters. The summed E-state index contributed by atoms with van der Waals surface area (Å²) in [6, 6.07) is 3.72. The van der Waals surface area contributed by atoms with Crippen LogP contribution in [0.2, 0.25) is 0 Å². The van der Waals surface area contributed by atoms with Gasteiger partial charge in [0.25, 0.3) is 5.91 Å². The van der Waals surface area contributed by atoms with Gasteiger partial charge in [-0.15, -0.1) is 6.58 Å². The van der Waals surface area contributed by atoms with E-state index in [1.807, 2.05) is 12.1 Å². The second-order valence-electron chi connectivity index (χ2n) is 4.32. The van der Waals surface area contributed by atoms with Crippen LogP contribution in [0.15, 0.2) is 34.2 Å². The predicted molar refractivity (Wildman–Crippen MR) is 90.3 cm³/mol. The lowest BCUT2D eigenvalue weighted by molar-refractivity contribution is -0.121. The summed E-state index contributed by atoms with van der Waals surface area (Å²) in [4.78, 5) is 14.4. The number of thiocarbonyl (C=S) groups is 1. The summed E-state index contributed by atoms with van der Waals surface area (Å²) in [6.07, 6.45) is 3.46. The number of hydrogen-bond donors (Lipinski definition) is 0. The molecule has 2 heterocycles. The maximum absolute atomic E-state index is 12.3. The Morgan fingerprint density at radius 2 is 2.29 bits per heavy atom. The van der Waals surface area contributed by atoms with Crippen LogP contribution in [0.5, 0.6) is 11.5 Å². The summed E-state index contributed by atoms with van der Waals surface area (Å²) in [5, 5.41) is 0. The van der Waals surface area contributed by atoms with E-state index >= 15 is 0 Å². The molecule has 0 radical (unpaired) electrons. The highest BCUT2D eigenvalue weighted by atomic mass is 79.9. The number of nitrogens with zero attached hydrogens (tertiary/aromatic N) is 1. The zero-order chi connectivity index (χ0) is 15.0. The van der Waals surface area contributed by atoms with Gasteiger partial charge in [-0.25, -0.2) is 0 Å². The molecular weight excluding hydrogens is 374 g/mol. The molecule has 7 heteroatoms. The minimum absolute atomic E-state index is 0.0984. The van der Waals surface area contributed by atoms with Crippen molar-refractivity contribution in [3.63, 3.8) is 0 Å². The Morgan fingerprint density at radius 3 is 3.05 bits per heavy atom. The summed E-state index contributed by atoms with van der Waals surface area (Å²) >= 11 is 9.93. The average Bonchev–Trinajstić information content (AvgIpc) is 3.00. The molecule has 1 saturated heterocycles. The van der Waals surface area contributed by atoms with Gasteiger partial charge in [0.05, 0.1) is 9.38 Å². The molecular formula is C14H10BrNO3S2. The number of benzene rings is 1. The van der Waals surface area contributed by atoms with Gasteiger partial charge in [0, 0.05) is 6.54 Å². The average molecular weight is 384 g/mol. The van der Waals surface area contributed by atoms with Crippen molar-refractivity contribution in [3.8, 4) is 11.5 Å². The second kappa shape index (κ2) is 5.82. The van der Waals surface area contributed by atoms with Gasteiger partial charge in [0.2, 0.25) is 6.79 Å². The molecule has 108 valence electrons. The van der Waals surface area contributed by atoms with Crippen molar-refractivity contribution in [2.45, 2.75) is 0 Å². The Balaban J connectivity index is 1.93. The van der Waals surface area contributed by atoms with E-state index in [0.29, 0.717) is 27.3 Å². The highest BCUT2D eigenvalue weighted by molar-refractivity contribution is 9.10. The number of amides is 1. The molecule has 0 aliphatic carbocycles. The minimum Gasteiger partial charge on any atom is -0.454 e. The molecule has 1 fully saturated rings. The molecule has 0 saturated carbocycles. The fourth-order valence-corrected chi connectivity index (χ4v) is 3.86. The maximum Gasteiger partial charge on any atom is 0.266 e. The van der Waals surface area contributed by atoms with E-state index in [1.165, 1.54) is 16.7 Å². The third-order valence-electron chi connectivity index (χ3n) is 2.93. The van der Waals surface area contributed by atoms with Crippen LogP contribution in [0.1, 0.15) is 5.56 Å². The molecule has 0 unspecified atom stereocenters. The third kappa shape index (κ3) is 2.73. The number of thioether (sulfide) groups is 1. The van der Waals surface area contributed by atoms with Crippen molar-refractivity contribution < 1.29 is 14.3 Å². The molecule has 0 N–H and O–H groups in total. The SMILES string of the molecule is C=CCN1C(=O)/C(=C/c2cc(Br)c3c(c2)OCO3)SC1=S. The van der Waals surface area contributed by atoms with Gasteiger partial charge < -0.3 is 9.47 Å². The van der Waals surface area contributed by atoms with E-state index in [9.17, 15) is 4.79 Å². The van der Waals surface area contributed by atoms with Crippen molar-refractivity contribution in [2.75, 3.05) is 13.3 Å². The second-order valence-corrected chi connectivity index (χ2v) is 6.85. The Kier molecular flexibility index (Phi) is 4.05. The van der Waals surface area contributed by atoms with Crippen LogP contribution < -0.4 is 9.47 Å². The fraction of sp³-hybridized carbons (Fsp3) is 0.143. The van der Waals surface area contributed by atoms with Gasteiger partial charge in [-0.05, 0) is 39.7 Å². The number of carbonyl (C=O) groups excluding carboxylic acids is 1. The van der Waals surface area contributed by atoms with Crippen LogP contribution in [-0.4, -0.2) is 28.5 Å². The lowest BCUT2D eigenvalue weighted by Gasteiger charge is -2.10. The van der Waals surface area contributed by atoms with Crippen LogP contribution in [0.3, 0.4) is 0 Å². The van der Waals surface area contributed by atoms with Crippen LogP contribution >= 0.6 is 39.9 Å². The molecule has 3 rings (SSSR count). The van der Waals surface area contributed by atoms with Crippen molar-refractivity contribution in [1.29, 1.82) is 0 Å². The fourth-order valence-electron chi connectivity index (χ4n) is 2.01. The number of hydrogen-bond acceptors (Lipinski definition) is 5. The summed E-state index contributed by atoms with van der Waals surface area (Å²) < 4.78 is 12.1. The lowest BCUT2D eigenvalue weighted by atomic mass is 10.2. The summed E-state index contributed by atoms with van der Waals surface area (Å²) in [5.41, 5.74) is 0.852. The first-order valence-electron chi connectivity index (χ1n) is 6.05. The largest absolute Gasteiger partial charge is 0.454 e. The van der Waals surface area contributed by atoms with Gasteiger partial charge in [-0.1, -0.05) is 30.1 Å². The third-order valence-corrected chi connectivity index (χ3v) is 4.90. The maximum atomic E-state index is 12.3. The van der Waals surface area contributed by atoms with E-state index in [2.05, 4.69) is 22.5 Å². The zero-order valence-corrected chi connectivity index (χ0v) is 14.0. The van der Waals surface area contributed by atoms with Crippen molar-refractivity contribution in [3.05, 3.63) is 39.7 Å². The first-order chi connectivity index (χ1) is 10.1. The van der Waals surface area contributed by atoms with Crippen molar-refractivity contribution in [2.24, 2.45) is 0 Å². The quantitative estimate of drug-likeness (QED) is 0.453. The van der Waals surface area contributed by atoms with Crippen molar-refractivity contribution >= 4 is 56.2 Å². The number of carbonyl (C=O) groups is 1. The Hall–Kier alpha value is -1.31. The van der Waals surface area contributed by atoms with Gasteiger partial charge >= 0.3 is 0 Å². The minimum atomic E-state index is -0.0984. The van der Waals surface area contributed by atoms with Crippen LogP contribution in [0.4, 0.5) is 0 Å². The number of fused-ring (bicyclic) bond motifs is 1. The molecule has 4 nitrogen and oxygen atoms in total. The standard InChI is InChI=1S/C14H10BrNO3S2/c1-2-3-16-13(17)11(21-14(16)20)6-8-4-9(15)12-10(5-8)18-7-19-12/h2,4-6H,1,3,7H2/b11-6-. The van der Waals surface area contributed by atoms with Crippen LogP contribution in [0.25, 0.3) is 6.08 Å². The Labute approximate surface area is 139 Å². The molecule has 1 aromatic carbocycles. The Morgan fingerprint density at radius 1 is 1.48 bits per heavy atom. The topological polar surface area (TPSA) is 38.8 Å². The van der Waals surface area contributed by atoms with Crippen LogP contribution in [-0.2, 0) is 4.79 Å². The van der Waals surface area contributed by atoms with E-state index in [0.717, 1.165) is 10.0 Å².